The molecule has 0 saturated carbocycles. The van der Waals surface area contributed by atoms with E-state index in [2.05, 4.69) is 15.7 Å². The van der Waals surface area contributed by atoms with Crippen LogP contribution in [0, 0.1) is 11.3 Å². The van der Waals surface area contributed by atoms with E-state index in [9.17, 15) is 19.6 Å². The number of nitrogens with zero attached hydrogens (tertiary/aromatic N) is 4. The highest BCUT2D eigenvalue weighted by molar-refractivity contribution is 6.08. The lowest BCUT2D eigenvalue weighted by Crippen LogP contribution is -2.44. The first kappa shape index (κ1) is 19.9. The summed E-state index contributed by atoms with van der Waals surface area (Å²) >= 11 is 0. The Balaban J connectivity index is 1.85. The van der Waals surface area contributed by atoms with Gasteiger partial charge >= 0.3 is 0 Å². The zero-order chi connectivity index (χ0) is 21.1. The van der Waals surface area contributed by atoms with Crippen molar-refractivity contribution in [3.63, 3.8) is 0 Å². The highest BCUT2D eigenvalue weighted by Gasteiger charge is 2.30. The van der Waals surface area contributed by atoms with Gasteiger partial charge in [0.05, 0.1) is 30.6 Å². The van der Waals surface area contributed by atoms with Gasteiger partial charge in [-0.3, -0.25) is 19.1 Å². The Labute approximate surface area is 167 Å². The highest BCUT2D eigenvalue weighted by Crippen LogP contribution is 2.24. The number of fused-ring (bicyclic) bond motifs is 1. The van der Waals surface area contributed by atoms with Crippen molar-refractivity contribution >= 4 is 23.4 Å². The number of carbonyl (C=O) groups excluding carboxylic acids is 3. The molecule has 2 heterocycles. The third-order valence-corrected chi connectivity index (χ3v) is 4.71. The SMILES string of the molecule is COc1ccc(C(=O)Nc2cnn3c2C(=O)NCC3CN(C)C(C)=O)cc1C#N. The molecule has 2 N–H and O–H groups in total. The van der Waals surface area contributed by atoms with Crippen LogP contribution in [0.3, 0.4) is 0 Å². The van der Waals surface area contributed by atoms with E-state index in [0.29, 0.717) is 18.8 Å². The molecule has 1 aliphatic heterocycles. The summed E-state index contributed by atoms with van der Waals surface area (Å²) in [6, 6.07) is 6.18. The maximum atomic E-state index is 12.6. The van der Waals surface area contributed by atoms with Crippen molar-refractivity contribution in [2.24, 2.45) is 0 Å². The first-order valence-electron chi connectivity index (χ1n) is 8.82. The van der Waals surface area contributed by atoms with Crippen LogP contribution in [0.5, 0.6) is 5.75 Å². The fraction of sp³-hybridized carbons (Fsp3) is 0.316. The molecule has 1 aliphatic rings. The molecule has 1 aromatic heterocycles. The molecule has 1 unspecified atom stereocenters. The van der Waals surface area contributed by atoms with Crippen molar-refractivity contribution in [1.82, 2.24) is 20.0 Å². The molecule has 0 radical (unpaired) electrons. The van der Waals surface area contributed by atoms with Crippen molar-refractivity contribution in [2.75, 3.05) is 32.6 Å². The normalized spacial score (nSPS) is 15.0. The minimum absolute atomic E-state index is 0.100. The average molecular weight is 396 g/mol. The van der Waals surface area contributed by atoms with Crippen LogP contribution < -0.4 is 15.4 Å². The van der Waals surface area contributed by atoms with Crippen molar-refractivity contribution in [1.29, 1.82) is 5.26 Å². The van der Waals surface area contributed by atoms with Gasteiger partial charge in [-0.25, -0.2) is 0 Å². The zero-order valence-electron chi connectivity index (χ0n) is 16.2. The summed E-state index contributed by atoms with van der Waals surface area (Å²) in [5, 5.41) is 18.9. The summed E-state index contributed by atoms with van der Waals surface area (Å²) in [5.41, 5.74) is 0.922. The molecule has 1 atom stereocenters. The quantitative estimate of drug-likeness (QED) is 0.768. The molecule has 0 bridgehead atoms. The first-order valence-corrected chi connectivity index (χ1v) is 8.82. The Morgan fingerprint density at radius 1 is 1.48 bits per heavy atom. The molecular weight excluding hydrogens is 376 g/mol. The zero-order valence-corrected chi connectivity index (χ0v) is 16.2. The number of nitrogens with one attached hydrogen (secondary N) is 2. The number of methoxy groups -OCH3 is 1. The molecule has 29 heavy (non-hydrogen) atoms. The van der Waals surface area contributed by atoms with E-state index in [-0.39, 0.29) is 40.4 Å². The number of likely N-dealkylation sites (N-methyl/N-ethyl adjacent to an activating group) is 1. The maximum Gasteiger partial charge on any atom is 0.271 e. The Bertz CT molecular complexity index is 1020. The van der Waals surface area contributed by atoms with E-state index in [1.54, 1.807) is 7.05 Å². The number of aromatic nitrogens is 2. The van der Waals surface area contributed by atoms with Gasteiger partial charge < -0.3 is 20.3 Å². The molecule has 0 fully saturated rings. The predicted molar refractivity (Wildman–Crippen MR) is 103 cm³/mol. The number of hydrogen-bond acceptors (Lipinski definition) is 6. The van der Waals surface area contributed by atoms with Crippen LogP contribution in [-0.2, 0) is 4.79 Å². The van der Waals surface area contributed by atoms with Gasteiger partial charge in [0.25, 0.3) is 11.8 Å². The molecule has 150 valence electrons. The van der Waals surface area contributed by atoms with Gasteiger partial charge in [0.2, 0.25) is 5.91 Å². The number of amides is 3. The summed E-state index contributed by atoms with van der Waals surface area (Å²) < 4.78 is 6.59. The lowest BCUT2D eigenvalue weighted by molar-refractivity contribution is -0.128. The second-order valence-corrected chi connectivity index (χ2v) is 6.60. The number of hydrogen-bond donors (Lipinski definition) is 2. The van der Waals surface area contributed by atoms with E-state index in [4.69, 9.17) is 4.74 Å². The van der Waals surface area contributed by atoms with Crippen LogP contribution >= 0.6 is 0 Å². The number of carbonyl (C=O) groups is 3. The summed E-state index contributed by atoms with van der Waals surface area (Å²) in [5.74, 6) is -0.594. The third-order valence-electron chi connectivity index (χ3n) is 4.71. The Kier molecular flexibility index (Phi) is 5.50. The summed E-state index contributed by atoms with van der Waals surface area (Å²) in [6.07, 6.45) is 1.40. The van der Waals surface area contributed by atoms with E-state index >= 15 is 0 Å². The Morgan fingerprint density at radius 2 is 2.24 bits per heavy atom. The second kappa shape index (κ2) is 8.02. The number of benzene rings is 1. The van der Waals surface area contributed by atoms with E-state index < -0.39 is 5.91 Å². The van der Waals surface area contributed by atoms with Gasteiger partial charge in [-0.05, 0) is 18.2 Å². The molecule has 1 aromatic carbocycles. The topological polar surface area (TPSA) is 129 Å². The Hall–Kier alpha value is -3.87. The monoisotopic (exact) mass is 396 g/mol. The number of nitriles is 1. The van der Waals surface area contributed by atoms with E-state index in [0.717, 1.165) is 0 Å². The molecule has 0 saturated heterocycles. The van der Waals surface area contributed by atoms with Gasteiger partial charge in [-0.2, -0.15) is 10.4 Å². The minimum Gasteiger partial charge on any atom is -0.495 e. The average Bonchev–Trinajstić information content (AvgIpc) is 3.14. The first-order chi connectivity index (χ1) is 13.8. The number of rotatable bonds is 5. The van der Waals surface area contributed by atoms with Crippen LogP contribution in [0.2, 0.25) is 0 Å². The lowest BCUT2D eigenvalue weighted by Gasteiger charge is -2.28. The van der Waals surface area contributed by atoms with Gasteiger partial charge in [0, 0.05) is 32.6 Å². The van der Waals surface area contributed by atoms with Crippen molar-refractivity contribution < 1.29 is 19.1 Å². The standard InChI is InChI=1S/C19H20N6O4/c1-11(26)24(2)10-14-8-21-19(28)17-15(9-22-25(14)17)23-18(27)12-4-5-16(29-3)13(6-12)7-20/h4-6,9,14H,8,10H2,1-3H3,(H,21,28)(H,23,27). The largest absolute Gasteiger partial charge is 0.495 e. The van der Waals surface area contributed by atoms with E-state index in [1.807, 2.05) is 6.07 Å². The minimum atomic E-state index is -0.490. The molecule has 0 aliphatic carbocycles. The van der Waals surface area contributed by atoms with E-state index in [1.165, 1.54) is 48.0 Å². The van der Waals surface area contributed by atoms with Crippen LogP contribution in [0.25, 0.3) is 0 Å². The van der Waals surface area contributed by atoms with Gasteiger partial charge in [-0.1, -0.05) is 0 Å². The molecule has 3 amide bonds. The summed E-state index contributed by atoms with van der Waals surface area (Å²) in [6.45, 7) is 2.14. The highest BCUT2D eigenvalue weighted by atomic mass is 16.5. The van der Waals surface area contributed by atoms with Crippen LogP contribution in [-0.4, -0.2) is 59.6 Å². The van der Waals surface area contributed by atoms with Gasteiger partial charge in [0.15, 0.2) is 0 Å². The predicted octanol–water partition coefficient (Wildman–Crippen LogP) is 0.778. The molecule has 0 spiro atoms. The third kappa shape index (κ3) is 3.89. The molecular formula is C19H20N6O4. The summed E-state index contributed by atoms with van der Waals surface area (Å²) in [4.78, 5) is 38.1. The number of anilines is 1. The maximum absolute atomic E-state index is 12.6. The number of ether oxygens (including phenoxy) is 1. The summed E-state index contributed by atoms with van der Waals surface area (Å²) in [7, 11) is 3.11. The smallest absolute Gasteiger partial charge is 0.271 e. The van der Waals surface area contributed by atoms with Crippen LogP contribution in [0.1, 0.15) is 39.4 Å². The fourth-order valence-corrected chi connectivity index (χ4v) is 3.06. The second-order valence-electron chi connectivity index (χ2n) is 6.60. The van der Waals surface area contributed by atoms with Crippen molar-refractivity contribution in [3.8, 4) is 11.8 Å². The molecule has 10 nitrogen and oxygen atoms in total. The molecule has 3 rings (SSSR count). The van der Waals surface area contributed by atoms with Crippen LogP contribution in [0.4, 0.5) is 5.69 Å². The van der Waals surface area contributed by atoms with Crippen molar-refractivity contribution in [2.45, 2.75) is 13.0 Å². The van der Waals surface area contributed by atoms with Gasteiger partial charge in [-0.15, -0.1) is 0 Å². The fourth-order valence-electron chi connectivity index (χ4n) is 3.06. The van der Waals surface area contributed by atoms with Gasteiger partial charge in [0.1, 0.15) is 17.5 Å². The molecule has 10 heteroatoms. The van der Waals surface area contributed by atoms with Crippen molar-refractivity contribution in [3.05, 3.63) is 41.2 Å². The van der Waals surface area contributed by atoms with Crippen LogP contribution in [0.15, 0.2) is 24.4 Å². The Morgan fingerprint density at radius 3 is 2.90 bits per heavy atom. The molecule has 2 aromatic rings. The lowest BCUT2D eigenvalue weighted by atomic mass is 10.1.